The average molecular weight is 201 g/mol. The molecule has 5 N–H and O–H groups in total. The Labute approximate surface area is 84.0 Å². The number of rotatable bonds is 6. The Morgan fingerprint density at radius 3 is 2.71 bits per heavy atom. The Kier molecular flexibility index (Phi) is 3.71. The molecule has 0 aromatic rings. The average Bonchev–Trinajstić information content (AvgIpc) is 2.97. The molecule has 1 fully saturated rings. The van der Waals surface area contributed by atoms with Crippen LogP contribution in [0.15, 0.2) is 5.16 Å². The van der Waals surface area contributed by atoms with Crippen LogP contribution in [0, 0.1) is 11.3 Å². The van der Waals surface area contributed by atoms with E-state index in [1.165, 1.54) is 0 Å². The lowest BCUT2D eigenvalue weighted by atomic mass is 10.1. The summed E-state index contributed by atoms with van der Waals surface area (Å²) in [6, 6.07) is 0. The fourth-order valence-corrected chi connectivity index (χ4v) is 1.32. The van der Waals surface area contributed by atoms with Crippen LogP contribution in [0.5, 0.6) is 0 Å². The van der Waals surface area contributed by atoms with Gasteiger partial charge >= 0.3 is 0 Å². The molecule has 14 heavy (non-hydrogen) atoms. The van der Waals surface area contributed by atoms with Gasteiger partial charge in [-0.25, -0.2) is 0 Å². The third kappa shape index (κ3) is 2.85. The predicted octanol–water partition coefficient (Wildman–Crippen LogP) is -0.269. The minimum Gasteiger partial charge on any atom is -0.409 e. The summed E-state index contributed by atoms with van der Waals surface area (Å²) in [4.78, 5) is 0. The molecule has 1 aliphatic carbocycles. The molecular weight excluding hydrogens is 182 g/mol. The molecule has 0 aromatic heterocycles. The van der Waals surface area contributed by atoms with E-state index in [9.17, 15) is 0 Å². The number of nitrogens with two attached hydrogens (primary N) is 1. The van der Waals surface area contributed by atoms with Crippen molar-refractivity contribution in [2.75, 3.05) is 19.7 Å². The van der Waals surface area contributed by atoms with Crippen molar-refractivity contribution >= 4 is 5.84 Å². The lowest BCUT2D eigenvalue weighted by Crippen LogP contribution is -2.35. The Morgan fingerprint density at radius 1 is 1.64 bits per heavy atom. The van der Waals surface area contributed by atoms with Crippen LogP contribution in [-0.2, 0) is 0 Å². The van der Waals surface area contributed by atoms with Crippen molar-refractivity contribution in [3.8, 4) is 0 Å². The predicted molar refractivity (Wildman–Crippen MR) is 54.2 cm³/mol. The standard InChI is InChI=1S/C9H19N3O2/c1-7(8(10)12-14)4-11-5-9(6-13)2-3-9/h7,11,13-14H,2-6H2,1H3,(H2,10,12). The van der Waals surface area contributed by atoms with Crippen LogP contribution in [-0.4, -0.2) is 35.8 Å². The van der Waals surface area contributed by atoms with Crippen molar-refractivity contribution in [3.05, 3.63) is 0 Å². The fraction of sp³-hybridized carbons (Fsp3) is 0.889. The summed E-state index contributed by atoms with van der Waals surface area (Å²) in [5.74, 6) is 0.265. The molecule has 0 aromatic carbocycles. The van der Waals surface area contributed by atoms with E-state index < -0.39 is 0 Å². The maximum Gasteiger partial charge on any atom is 0.143 e. The van der Waals surface area contributed by atoms with Crippen molar-refractivity contribution in [2.24, 2.45) is 22.2 Å². The van der Waals surface area contributed by atoms with Gasteiger partial charge in [-0.05, 0) is 12.8 Å². The van der Waals surface area contributed by atoms with Crippen LogP contribution < -0.4 is 11.1 Å². The molecule has 5 nitrogen and oxygen atoms in total. The molecule has 0 bridgehead atoms. The molecule has 0 heterocycles. The number of aliphatic hydroxyl groups excluding tert-OH is 1. The van der Waals surface area contributed by atoms with E-state index in [0.717, 1.165) is 19.4 Å². The first-order chi connectivity index (χ1) is 6.63. The summed E-state index contributed by atoms with van der Waals surface area (Å²) in [5, 5.41) is 23.6. The molecule has 1 unspecified atom stereocenters. The van der Waals surface area contributed by atoms with Gasteiger partial charge < -0.3 is 21.4 Å². The second kappa shape index (κ2) is 4.61. The monoisotopic (exact) mass is 201 g/mol. The highest BCUT2D eigenvalue weighted by atomic mass is 16.4. The van der Waals surface area contributed by atoms with Gasteiger partial charge in [0.15, 0.2) is 0 Å². The number of nitrogens with zero attached hydrogens (tertiary/aromatic N) is 1. The van der Waals surface area contributed by atoms with E-state index in [1.807, 2.05) is 6.92 Å². The summed E-state index contributed by atoms with van der Waals surface area (Å²) in [5.41, 5.74) is 5.54. The summed E-state index contributed by atoms with van der Waals surface area (Å²) >= 11 is 0. The molecule has 1 atom stereocenters. The largest absolute Gasteiger partial charge is 0.409 e. The van der Waals surface area contributed by atoms with Gasteiger partial charge in [0.25, 0.3) is 0 Å². The van der Waals surface area contributed by atoms with Crippen LogP contribution in [0.25, 0.3) is 0 Å². The van der Waals surface area contributed by atoms with Gasteiger partial charge in [0.05, 0.1) is 0 Å². The van der Waals surface area contributed by atoms with Crippen LogP contribution in [0.2, 0.25) is 0 Å². The maximum absolute atomic E-state index is 9.05. The summed E-state index contributed by atoms with van der Waals surface area (Å²) in [7, 11) is 0. The Morgan fingerprint density at radius 2 is 2.29 bits per heavy atom. The number of oxime groups is 1. The van der Waals surface area contributed by atoms with Crippen LogP contribution >= 0.6 is 0 Å². The molecule has 0 radical (unpaired) electrons. The van der Waals surface area contributed by atoms with E-state index in [4.69, 9.17) is 16.0 Å². The number of hydrogen-bond acceptors (Lipinski definition) is 4. The zero-order valence-corrected chi connectivity index (χ0v) is 8.53. The van der Waals surface area contributed by atoms with Crippen molar-refractivity contribution in [1.29, 1.82) is 0 Å². The summed E-state index contributed by atoms with van der Waals surface area (Å²) < 4.78 is 0. The molecule has 5 heteroatoms. The van der Waals surface area contributed by atoms with Crippen molar-refractivity contribution < 1.29 is 10.3 Å². The normalized spacial score (nSPS) is 22.0. The molecule has 0 spiro atoms. The van der Waals surface area contributed by atoms with Crippen LogP contribution in [0.4, 0.5) is 0 Å². The molecular formula is C9H19N3O2. The first-order valence-electron chi connectivity index (χ1n) is 4.92. The molecule has 0 amide bonds. The molecule has 0 saturated heterocycles. The molecule has 1 rings (SSSR count). The van der Waals surface area contributed by atoms with E-state index in [-0.39, 0.29) is 23.8 Å². The Bertz CT molecular complexity index is 214. The minimum atomic E-state index is 0.0227. The summed E-state index contributed by atoms with van der Waals surface area (Å²) in [6.07, 6.45) is 2.18. The van der Waals surface area contributed by atoms with E-state index in [1.54, 1.807) is 0 Å². The highest BCUT2D eigenvalue weighted by molar-refractivity contribution is 5.82. The van der Waals surface area contributed by atoms with Crippen molar-refractivity contribution in [3.63, 3.8) is 0 Å². The third-order valence-electron chi connectivity index (χ3n) is 2.86. The first-order valence-corrected chi connectivity index (χ1v) is 4.92. The smallest absolute Gasteiger partial charge is 0.143 e. The van der Waals surface area contributed by atoms with E-state index in [2.05, 4.69) is 10.5 Å². The molecule has 0 aliphatic heterocycles. The number of hydrogen-bond donors (Lipinski definition) is 4. The zero-order chi connectivity index (χ0) is 10.6. The molecule has 1 saturated carbocycles. The third-order valence-corrected chi connectivity index (χ3v) is 2.86. The number of aliphatic hydroxyl groups is 1. The number of amidine groups is 1. The van der Waals surface area contributed by atoms with Gasteiger partial charge in [-0.15, -0.1) is 0 Å². The SMILES string of the molecule is CC(CNCC1(CO)CC1)C(N)=NO. The lowest BCUT2D eigenvalue weighted by Gasteiger charge is -2.15. The number of nitrogens with one attached hydrogen (secondary N) is 1. The van der Waals surface area contributed by atoms with Gasteiger partial charge in [0, 0.05) is 31.0 Å². The van der Waals surface area contributed by atoms with Crippen molar-refractivity contribution in [1.82, 2.24) is 5.32 Å². The molecule has 82 valence electrons. The Balaban J connectivity index is 2.15. The molecule has 1 aliphatic rings. The second-order valence-electron chi connectivity index (χ2n) is 4.21. The van der Waals surface area contributed by atoms with Gasteiger partial charge in [0.1, 0.15) is 5.84 Å². The zero-order valence-electron chi connectivity index (χ0n) is 8.53. The Hall–Kier alpha value is -0.810. The lowest BCUT2D eigenvalue weighted by molar-refractivity contribution is 0.207. The van der Waals surface area contributed by atoms with Crippen LogP contribution in [0.1, 0.15) is 19.8 Å². The van der Waals surface area contributed by atoms with Crippen LogP contribution in [0.3, 0.4) is 0 Å². The topological polar surface area (TPSA) is 90.9 Å². The van der Waals surface area contributed by atoms with Gasteiger partial charge in [-0.1, -0.05) is 12.1 Å². The fourth-order valence-electron chi connectivity index (χ4n) is 1.32. The first kappa shape index (κ1) is 11.3. The van der Waals surface area contributed by atoms with Gasteiger partial charge in [0.2, 0.25) is 0 Å². The quantitative estimate of drug-likeness (QED) is 0.206. The van der Waals surface area contributed by atoms with E-state index in [0.29, 0.717) is 6.54 Å². The highest BCUT2D eigenvalue weighted by Crippen LogP contribution is 2.44. The minimum absolute atomic E-state index is 0.0227. The second-order valence-corrected chi connectivity index (χ2v) is 4.21. The van der Waals surface area contributed by atoms with E-state index >= 15 is 0 Å². The van der Waals surface area contributed by atoms with Gasteiger partial charge in [-0.2, -0.15) is 0 Å². The van der Waals surface area contributed by atoms with Gasteiger partial charge in [-0.3, -0.25) is 0 Å². The highest BCUT2D eigenvalue weighted by Gasteiger charge is 2.41. The van der Waals surface area contributed by atoms with Crippen molar-refractivity contribution in [2.45, 2.75) is 19.8 Å². The summed E-state index contributed by atoms with van der Waals surface area (Å²) in [6.45, 7) is 3.63. The maximum atomic E-state index is 9.05.